The van der Waals surface area contributed by atoms with Crippen molar-refractivity contribution in [2.75, 3.05) is 13.7 Å². The summed E-state index contributed by atoms with van der Waals surface area (Å²) in [5.74, 6) is -2.00. The molecule has 0 aliphatic heterocycles. The van der Waals surface area contributed by atoms with E-state index in [0.29, 0.717) is 22.3 Å². The van der Waals surface area contributed by atoms with Crippen LogP contribution in [0.4, 0.5) is 4.79 Å². The lowest BCUT2D eigenvalue weighted by molar-refractivity contribution is -0.157. The second-order valence-electron chi connectivity index (χ2n) is 16.6. The molecule has 68 heavy (non-hydrogen) atoms. The summed E-state index contributed by atoms with van der Waals surface area (Å²) in [6, 6.07) is 68.7. The van der Waals surface area contributed by atoms with Gasteiger partial charge < -0.3 is 25.4 Å². The highest BCUT2D eigenvalue weighted by Gasteiger charge is 2.44. The van der Waals surface area contributed by atoms with E-state index in [1.54, 1.807) is 31.3 Å². The van der Waals surface area contributed by atoms with E-state index in [0.717, 1.165) is 38.9 Å². The van der Waals surface area contributed by atoms with Gasteiger partial charge in [-0.25, -0.2) is 9.59 Å². The molecule has 9 nitrogen and oxygen atoms in total. The Bertz CT molecular complexity index is 2840. The summed E-state index contributed by atoms with van der Waals surface area (Å²) in [7, 11) is 1.56. The molecule has 8 aromatic carbocycles. The van der Waals surface area contributed by atoms with Crippen LogP contribution in [-0.4, -0.2) is 43.6 Å². The van der Waals surface area contributed by atoms with E-state index in [-0.39, 0.29) is 18.4 Å². The average molecular weight is 896 g/mol. The van der Waals surface area contributed by atoms with E-state index in [2.05, 4.69) is 28.1 Å². The zero-order valence-corrected chi connectivity index (χ0v) is 37.4. The molecule has 0 heterocycles. The van der Waals surface area contributed by atoms with E-state index >= 15 is 9.59 Å². The molecule has 8 aromatic rings. The van der Waals surface area contributed by atoms with Crippen molar-refractivity contribution in [2.45, 2.75) is 29.5 Å². The topological polar surface area (TPSA) is 123 Å². The van der Waals surface area contributed by atoms with Gasteiger partial charge in [-0.15, -0.1) is 0 Å². The molecule has 0 fully saturated rings. The zero-order valence-electron chi connectivity index (χ0n) is 37.4. The van der Waals surface area contributed by atoms with E-state index < -0.39 is 41.6 Å². The Balaban J connectivity index is 1.11. The minimum Gasteiger partial charge on any atom is -0.449 e. The minimum absolute atomic E-state index is 0.0252. The number of carbonyl (C=O) groups excluding carboxylic acids is 4. The number of ether oxygens (including phenoxy) is 2. The number of fused-ring (bicyclic) bond motifs is 3. The number of alkyl carbamates (subject to hydrolysis) is 1. The number of esters is 1. The number of carbonyl (C=O) groups is 4. The molecule has 1 aliphatic rings. The molecule has 0 aromatic heterocycles. The van der Waals surface area contributed by atoms with Gasteiger partial charge in [0, 0.05) is 35.2 Å². The molecular weight excluding hydrogens is 847 g/mol. The van der Waals surface area contributed by atoms with E-state index in [1.165, 1.54) is 0 Å². The molecule has 0 unspecified atom stereocenters. The largest absolute Gasteiger partial charge is 0.449 e. The van der Waals surface area contributed by atoms with Crippen molar-refractivity contribution in [3.05, 3.63) is 275 Å². The fourth-order valence-corrected chi connectivity index (χ4v) is 9.45. The zero-order chi connectivity index (χ0) is 46.9. The van der Waals surface area contributed by atoms with Gasteiger partial charge in [-0.05, 0) is 51.1 Å². The van der Waals surface area contributed by atoms with Gasteiger partial charge >= 0.3 is 12.1 Å². The normalized spacial score (nSPS) is 12.4. The standard InChI is InChI=1S/C59H49N3O6/c1-60-55(64)41-35-37-47(38-36-41)59(45-27-13-5-14-28-45,46-29-15-6-16-30-46)68-56(65)53(61-57(66)67-40-52-50-33-19-17-31-48(50)49-32-18-20-34-51(49)52)39-54(63)62-58(42-21-7-2-8-22-42,43-23-9-3-10-24-43)44-25-11-4-12-26-44/h2-38,52-53H,39-40H2,1H3,(H,60,64)(H,61,66)(H,62,63)/t53-/m0/s1. The van der Waals surface area contributed by atoms with Crippen LogP contribution in [0.15, 0.2) is 224 Å². The molecule has 0 radical (unpaired) electrons. The Labute approximate surface area is 395 Å². The molecule has 0 saturated heterocycles. The molecule has 0 spiro atoms. The molecule has 1 atom stereocenters. The molecule has 3 amide bonds. The van der Waals surface area contributed by atoms with Crippen molar-refractivity contribution < 1.29 is 28.7 Å². The first-order valence-corrected chi connectivity index (χ1v) is 22.6. The van der Waals surface area contributed by atoms with Gasteiger partial charge in [0.2, 0.25) is 5.91 Å². The second-order valence-corrected chi connectivity index (χ2v) is 16.6. The van der Waals surface area contributed by atoms with Crippen LogP contribution in [0.2, 0.25) is 0 Å². The summed E-state index contributed by atoms with van der Waals surface area (Å²) >= 11 is 0. The Morgan fingerprint density at radius 3 is 1.34 bits per heavy atom. The maximum absolute atomic E-state index is 15.4. The molecular formula is C59H49N3O6. The molecule has 9 rings (SSSR count). The first-order valence-electron chi connectivity index (χ1n) is 22.6. The number of rotatable bonds is 15. The highest BCUT2D eigenvalue weighted by Crippen LogP contribution is 2.45. The third kappa shape index (κ3) is 8.77. The van der Waals surface area contributed by atoms with Crippen LogP contribution < -0.4 is 16.0 Å². The van der Waals surface area contributed by atoms with Gasteiger partial charge in [0.25, 0.3) is 5.91 Å². The van der Waals surface area contributed by atoms with Crippen molar-refractivity contribution in [3.63, 3.8) is 0 Å². The highest BCUT2D eigenvalue weighted by molar-refractivity contribution is 5.94. The van der Waals surface area contributed by atoms with Crippen LogP contribution >= 0.6 is 0 Å². The summed E-state index contributed by atoms with van der Waals surface area (Å²) in [5, 5.41) is 8.78. The second kappa shape index (κ2) is 19.9. The van der Waals surface area contributed by atoms with Gasteiger partial charge in [0.1, 0.15) is 18.2 Å². The van der Waals surface area contributed by atoms with Gasteiger partial charge in [-0.2, -0.15) is 0 Å². The monoisotopic (exact) mass is 895 g/mol. The first-order chi connectivity index (χ1) is 33.3. The lowest BCUT2D eigenvalue weighted by Crippen LogP contribution is -2.52. The average Bonchev–Trinajstić information content (AvgIpc) is 3.73. The van der Waals surface area contributed by atoms with E-state index in [4.69, 9.17) is 9.47 Å². The predicted molar refractivity (Wildman–Crippen MR) is 263 cm³/mol. The number of nitrogens with one attached hydrogen (secondary N) is 3. The Hall–Kier alpha value is -8.56. The minimum atomic E-state index is -1.62. The number of hydrogen-bond acceptors (Lipinski definition) is 6. The first kappa shape index (κ1) is 44.6. The molecule has 336 valence electrons. The summed E-state index contributed by atoms with van der Waals surface area (Å²) in [4.78, 5) is 57.5. The summed E-state index contributed by atoms with van der Waals surface area (Å²) in [5.41, 5.74) is 5.78. The van der Waals surface area contributed by atoms with Crippen LogP contribution in [0.3, 0.4) is 0 Å². The van der Waals surface area contributed by atoms with E-state index in [1.807, 2.05) is 188 Å². The van der Waals surface area contributed by atoms with Crippen LogP contribution in [0.25, 0.3) is 11.1 Å². The fraction of sp³-hybridized carbons (Fsp3) is 0.119. The van der Waals surface area contributed by atoms with Crippen LogP contribution in [-0.2, 0) is 30.2 Å². The van der Waals surface area contributed by atoms with E-state index in [9.17, 15) is 9.59 Å². The van der Waals surface area contributed by atoms with Crippen molar-refractivity contribution in [1.82, 2.24) is 16.0 Å². The highest BCUT2D eigenvalue weighted by atomic mass is 16.6. The van der Waals surface area contributed by atoms with Gasteiger partial charge in [0.05, 0.1) is 6.42 Å². The molecule has 0 saturated carbocycles. The van der Waals surface area contributed by atoms with Crippen molar-refractivity contribution in [1.29, 1.82) is 0 Å². The summed E-state index contributed by atoms with van der Waals surface area (Å²) in [6.45, 7) is -0.0252. The van der Waals surface area contributed by atoms with Gasteiger partial charge in [-0.3, -0.25) is 9.59 Å². The maximum atomic E-state index is 15.4. The Morgan fingerprint density at radius 1 is 0.500 bits per heavy atom. The van der Waals surface area contributed by atoms with Gasteiger partial charge in [-0.1, -0.05) is 212 Å². The summed E-state index contributed by atoms with van der Waals surface area (Å²) < 4.78 is 12.9. The molecule has 0 bridgehead atoms. The smallest absolute Gasteiger partial charge is 0.407 e. The maximum Gasteiger partial charge on any atom is 0.407 e. The third-order valence-electron chi connectivity index (χ3n) is 12.7. The third-order valence-corrected chi connectivity index (χ3v) is 12.7. The molecule has 9 heteroatoms. The Morgan fingerprint density at radius 2 is 0.897 bits per heavy atom. The SMILES string of the molecule is CNC(=O)c1ccc(C(OC(=O)[C@H](CC(=O)NC(c2ccccc2)(c2ccccc2)c2ccccc2)NC(=O)OCC2c3ccccc3-c3ccccc32)(c2ccccc2)c2ccccc2)cc1. The number of benzene rings is 8. The molecule has 3 N–H and O–H groups in total. The van der Waals surface area contributed by atoms with Crippen LogP contribution in [0.1, 0.15) is 67.2 Å². The van der Waals surface area contributed by atoms with Crippen molar-refractivity contribution in [3.8, 4) is 11.1 Å². The Kier molecular flexibility index (Phi) is 13.1. The number of hydrogen-bond donors (Lipinski definition) is 3. The number of amides is 3. The summed E-state index contributed by atoms with van der Waals surface area (Å²) in [6.07, 6.45) is -1.44. The predicted octanol–water partition coefficient (Wildman–Crippen LogP) is 10.3. The lowest BCUT2D eigenvalue weighted by Gasteiger charge is -2.38. The van der Waals surface area contributed by atoms with Gasteiger partial charge in [0.15, 0.2) is 5.60 Å². The fourth-order valence-electron chi connectivity index (χ4n) is 9.45. The lowest BCUT2D eigenvalue weighted by atomic mass is 9.77. The quantitative estimate of drug-likeness (QED) is 0.0696. The van der Waals surface area contributed by atoms with Crippen molar-refractivity contribution in [2.24, 2.45) is 0 Å². The van der Waals surface area contributed by atoms with Crippen LogP contribution in [0, 0.1) is 0 Å². The van der Waals surface area contributed by atoms with Crippen molar-refractivity contribution >= 4 is 23.9 Å². The van der Waals surface area contributed by atoms with Crippen LogP contribution in [0.5, 0.6) is 0 Å². The molecule has 1 aliphatic carbocycles.